The molecule has 0 amide bonds. The number of aliphatic imine (C=N–C) groups is 2. The quantitative estimate of drug-likeness (QED) is 0.198. The average molecular weight is 418 g/mol. The van der Waals surface area contributed by atoms with Gasteiger partial charge in [0.2, 0.25) is 0 Å². The maximum Gasteiger partial charge on any atom is 2.00 e. The molecule has 0 saturated heterocycles. The predicted octanol–water partition coefficient (Wildman–Crippen LogP) is -0.799. The third-order valence-electron chi connectivity index (χ3n) is 3.66. The van der Waals surface area contributed by atoms with Crippen molar-refractivity contribution in [2.24, 2.45) is 32.9 Å². The molecule has 9 heteroatoms. The Hall–Kier alpha value is -2.26. The molecular formula is C18H22CuN6O2. The second-order valence-electron chi connectivity index (χ2n) is 5.72. The van der Waals surface area contributed by atoms with E-state index in [1.807, 2.05) is 0 Å². The maximum absolute atomic E-state index is 11.8. The van der Waals surface area contributed by atoms with E-state index in [2.05, 4.69) is 9.98 Å². The van der Waals surface area contributed by atoms with Crippen LogP contribution in [0.2, 0.25) is 0 Å². The van der Waals surface area contributed by atoms with Crippen LogP contribution in [0.4, 0.5) is 0 Å². The van der Waals surface area contributed by atoms with Crippen molar-refractivity contribution in [1.82, 2.24) is 0 Å². The Balaban J connectivity index is 0.00000364. The summed E-state index contributed by atoms with van der Waals surface area (Å²) in [4.78, 5) is 8.33. The van der Waals surface area contributed by atoms with Gasteiger partial charge in [0.25, 0.3) is 0 Å². The molecule has 2 aromatic carbocycles. The first kappa shape index (κ1) is 22.8. The smallest absolute Gasteiger partial charge is 0.872 e. The number of benzene rings is 2. The van der Waals surface area contributed by atoms with Crippen molar-refractivity contribution in [1.29, 1.82) is 0 Å². The summed E-state index contributed by atoms with van der Waals surface area (Å²) in [6.45, 7) is 0.720. The molecule has 0 spiro atoms. The standard InChI is InChI=1S/C18H24N6O2.Cu/c19-17(20)11-1-3-15(25)13(7-11)9-23-5-6-24-10-14-8-12(18(21)22)2-4-16(14)26;/h1-4,7-10,17-18,25-26H,5-6,19-22H2;/q;+2/p-2. The van der Waals surface area contributed by atoms with Crippen molar-refractivity contribution >= 4 is 12.4 Å². The van der Waals surface area contributed by atoms with Crippen LogP contribution in [-0.2, 0) is 17.1 Å². The maximum atomic E-state index is 11.8. The van der Waals surface area contributed by atoms with Crippen molar-refractivity contribution < 1.29 is 27.3 Å². The molecule has 0 unspecified atom stereocenters. The monoisotopic (exact) mass is 417 g/mol. The van der Waals surface area contributed by atoms with Crippen LogP contribution < -0.4 is 33.1 Å². The van der Waals surface area contributed by atoms with Gasteiger partial charge in [0.1, 0.15) is 0 Å². The Kier molecular flexibility index (Phi) is 9.10. The molecule has 0 atom stereocenters. The molecular weight excluding hydrogens is 396 g/mol. The molecule has 8 N–H and O–H groups in total. The zero-order chi connectivity index (χ0) is 19.1. The van der Waals surface area contributed by atoms with Crippen LogP contribution in [0.15, 0.2) is 46.4 Å². The Bertz CT molecular complexity index is 741. The largest absolute Gasteiger partial charge is 2.00 e. The van der Waals surface area contributed by atoms with Crippen LogP contribution in [0.5, 0.6) is 11.5 Å². The van der Waals surface area contributed by atoms with Gasteiger partial charge in [-0.2, -0.15) is 0 Å². The number of nitrogens with zero attached hydrogens (tertiary/aromatic N) is 2. The van der Waals surface area contributed by atoms with E-state index >= 15 is 0 Å². The van der Waals surface area contributed by atoms with E-state index in [1.165, 1.54) is 24.6 Å². The van der Waals surface area contributed by atoms with Crippen molar-refractivity contribution in [2.75, 3.05) is 13.1 Å². The van der Waals surface area contributed by atoms with Crippen LogP contribution in [0.1, 0.15) is 34.6 Å². The summed E-state index contributed by atoms with van der Waals surface area (Å²) >= 11 is 0. The first-order valence-corrected chi connectivity index (χ1v) is 8.02. The summed E-state index contributed by atoms with van der Waals surface area (Å²) < 4.78 is 0. The molecule has 0 fully saturated rings. The van der Waals surface area contributed by atoms with E-state index in [9.17, 15) is 10.2 Å². The third kappa shape index (κ3) is 6.76. The first-order valence-electron chi connectivity index (χ1n) is 8.02. The number of nitrogens with two attached hydrogens (primary N) is 4. The normalized spacial score (nSPS) is 11.6. The molecule has 0 aliphatic carbocycles. The molecule has 27 heavy (non-hydrogen) atoms. The van der Waals surface area contributed by atoms with Gasteiger partial charge in [-0.3, -0.25) is 9.98 Å². The Morgan fingerprint density at radius 1 is 0.741 bits per heavy atom. The van der Waals surface area contributed by atoms with Gasteiger partial charge >= 0.3 is 17.1 Å². The summed E-state index contributed by atoms with van der Waals surface area (Å²) in [7, 11) is 0. The Morgan fingerprint density at radius 2 is 1.11 bits per heavy atom. The second-order valence-corrected chi connectivity index (χ2v) is 5.72. The summed E-state index contributed by atoms with van der Waals surface area (Å²) in [5.74, 6) is -0.319. The second kappa shape index (κ2) is 10.8. The molecule has 0 aliphatic rings. The SMILES string of the molecule is NC(N)c1ccc([O-])c(C=NCCN=Cc2cc(C(N)N)ccc2[O-])c1.[Cu+2]. The average Bonchev–Trinajstić information content (AvgIpc) is 2.60. The topological polar surface area (TPSA) is 175 Å². The van der Waals surface area contributed by atoms with Crippen LogP contribution >= 0.6 is 0 Å². The summed E-state index contributed by atoms with van der Waals surface area (Å²) in [5, 5.41) is 23.5. The fourth-order valence-corrected chi connectivity index (χ4v) is 2.19. The fourth-order valence-electron chi connectivity index (χ4n) is 2.19. The zero-order valence-electron chi connectivity index (χ0n) is 14.5. The van der Waals surface area contributed by atoms with Crippen LogP contribution in [0.25, 0.3) is 0 Å². The number of rotatable bonds is 7. The number of hydrogen-bond acceptors (Lipinski definition) is 8. The van der Waals surface area contributed by atoms with Crippen LogP contribution in [0, 0.1) is 0 Å². The Labute approximate surface area is 168 Å². The third-order valence-corrected chi connectivity index (χ3v) is 3.66. The van der Waals surface area contributed by atoms with E-state index < -0.39 is 12.3 Å². The molecule has 1 radical (unpaired) electrons. The van der Waals surface area contributed by atoms with E-state index in [1.54, 1.807) is 24.3 Å². The summed E-state index contributed by atoms with van der Waals surface area (Å²) in [5.41, 5.74) is 24.5. The summed E-state index contributed by atoms with van der Waals surface area (Å²) in [6, 6.07) is 9.24. The number of hydrogen-bond donors (Lipinski definition) is 4. The van der Waals surface area contributed by atoms with Gasteiger partial charge in [0.15, 0.2) is 0 Å². The summed E-state index contributed by atoms with van der Waals surface area (Å²) in [6.07, 6.45) is 1.64. The van der Waals surface area contributed by atoms with Crippen LogP contribution in [-0.4, -0.2) is 25.5 Å². The molecule has 0 aromatic heterocycles. The molecule has 0 saturated carbocycles. The predicted molar refractivity (Wildman–Crippen MR) is 98.9 cm³/mol. The van der Waals surface area contributed by atoms with E-state index in [0.29, 0.717) is 35.3 Å². The van der Waals surface area contributed by atoms with Crippen molar-refractivity contribution in [2.45, 2.75) is 12.3 Å². The van der Waals surface area contributed by atoms with Gasteiger partial charge in [0.05, 0.1) is 25.4 Å². The minimum Gasteiger partial charge on any atom is -0.872 e. The van der Waals surface area contributed by atoms with Gasteiger partial charge in [0, 0.05) is 12.4 Å². The van der Waals surface area contributed by atoms with Crippen LogP contribution in [0.3, 0.4) is 0 Å². The van der Waals surface area contributed by atoms with Gasteiger partial charge in [-0.1, -0.05) is 24.3 Å². The van der Waals surface area contributed by atoms with Gasteiger partial charge in [-0.15, -0.1) is 11.5 Å². The first-order chi connectivity index (χ1) is 12.4. The van der Waals surface area contributed by atoms with E-state index in [4.69, 9.17) is 22.9 Å². The van der Waals surface area contributed by atoms with E-state index in [0.717, 1.165) is 0 Å². The van der Waals surface area contributed by atoms with Crippen molar-refractivity contribution in [3.63, 3.8) is 0 Å². The van der Waals surface area contributed by atoms with Crippen molar-refractivity contribution in [3.8, 4) is 11.5 Å². The molecule has 147 valence electrons. The van der Waals surface area contributed by atoms with Gasteiger partial charge in [-0.25, -0.2) is 0 Å². The molecule has 2 aromatic rings. The van der Waals surface area contributed by atoms with Crippen molar-refractivity contribution in [3.05, 3.63) is 58.7 Å². The molecule has 0 aliphatic heterocycles. The minimum absolute atomic E-state index is 0. The molecule has 8 nitrogen and oxygen atoms in total. The van der Waals surface area contributed by atoms with Gasteiger partial charge < -0.3 is 33.1 Å². The molecule has 0 heterocycles. The minimum atomic E-state index is -0.647. The Morgan fingerprint density at radius 3 is 1.44 bits per heavy atom. The molecule has 0 bridgehead atoms. The van der Waals surface area contributed by atoms with Gasteiger partial charge in [-0.05, 0) is 34.4 Å². The molecule has 2 rings (SSSR count). The fraction of sp³-hybridized carbons (Fsp3) is 0.222. The van der Waals surface area contributed by atoms with E-state index in [-0.39, 0.29) is 28.6 Å². The zero-order valence-corrected chi connectivity index (χ0v) is 15.5.